The molecule has 0 radical (unpaired) electrons. The Morgan fingerprint density at radius 2 is 2.10 bits per heavy atom. The van der Waals surface area contributed by atoms with Crippen LogP contribution in [0.2, 0.25) is 0 Å². The van der Waals surface area contributed by atoms with E-state index in [4.69, 9.17) is 5.11 Å². The van der Waals surface area contributed by atoms with Gasteiger partial charge in [-0.1, -0.05) is 18.2 Å². The lowest BCUT2D eigenvalue weighted by molar-refractivity contribution is -0.137. The summed E-state index contributed by atoms with van der Waals surface area (Å²) in [5.41, 5.74) is 1.37. The molecule has 0 aromatic heterocycles. The molecule has 7 nitrogen and oxygen atoms in total. The van der Waals surface area contributed by atoms with Crippen LogP contribution in [0.1, 0.15) is 12.0 Å². The minimum atomic E-state index is -0.882. The van der Waals surface area contributed by atoms with Gasteiger partial charge in [-0.15, -0.1) is 0 Å². The number of aliphatic carboxylic acids is 1. The highest BCUT2D eigenvalue weighted by molar-refractivity contribution is 5.97. The van der Waals surface area contributed by atoms with Crippen LogP contribution in [0.3, 0.4) is 0 Å². The summed E-state index contributed by atoms with van der Waals surface area (Å²) in [6.07, 6.45) is 0.352. The molecule has 21 heavy (non-hydrogen) atoms. The molecule has 1 aromatic rings. The molecule has 1 aromatic carbocycles. The van der Waals surface area contributed by atoms with Crippen molar-refractivity contribution in [3.63, 3.8) is 0 Å². The summed E-state index contributed by atoms with van der Waals surface area (Å²) < 4.78 is 0. The third-order valence-corrected chi connectivity index (χ3v) is 3.21. The number of hydrogen-bond acceptors (Lipinski definition) is 4. The van der Waals surface area contributed by atoms with Gasteiger partial charge in [0, 0.05) is 18.7 Å². The fraction of sp³-hybridized carbons (Fsp3) is 0.357. The van der Waals surface area contributed by atoms with E-state index >= 15 is 0 Å². The Bertz CT molecular complexity index is 549. The number of nitrogens with one attached hydrogen (secondary N) is 3. The smallest absolute Gasteiger partial charge is 0.303 e. The van der Waals surface area contributed by atoms with Crippen LogP contribution in [0.4, 0.5) is 5.69 Å². The first-order valence-corrected chi connectivity index (χ1v) is 6.67. The van der Waals surface area contributed by atoms with Crippen molar-refractivity contribution < 1.29 is 19.5 Å². The third kappa shape index (κ3) is 4.28. The second-order valence-electron chi connectivity index (χ2n) is 4.78. The van der Waals surface area contributed by atoms with E-state index in [0.717, 1.165) is 5.56 Å². The summed E-state index contributed by atoms with van der Waals surface area (Å²) in [6.45, 7) is 0.348. The van der Waals surface area contributed by atoms with Crippen LogP contribution in [0, 0.1) is 0 Å². The summed E-state index contributed by atoms with van der Waals surface area (Å²) in [7, 11) is 0. The monoisotopic (exact) mass is 291 g/mol. The number of amides is 2. The maximum Gasteiger partial charge on any atom is 0.303 e. The standard InChI is InChI=1S/C14H17N3O4/c18-12-8-15-11(7-16-12)14(21)17-10-4-2-1-3-9(10)5-6-13(19)20/h1-4,11,15H,5-8H2,(H,16,18)(H,17,21)(H,19,20). The first-order valence-electron chi connectivity index (χ1n) is 6.67. The highest BCUT2D eigenvalue weighted by Gasteiger charge is 2.24. The van der Waals surface area contributed by atoms with Gasteiger partial charge in [0.2, 0.25) is 11.8 Å². The van der Waals surface area contributed by atoms with E-state index in [1.165, 1.54) is 0 Å². The Morgan fingerprint density at radius 1 is 1.33 bits per heavy atom. The highest BCUT2D eigenvalue weighted by atomic mass is 16.4. The molecule has 2 amide bonds. The number of rotatable bonds is 5. The molecule has 1 saturated heterocycles. The van der Waals surface area contributed by atoms with Gasteiger partial charge in [-0.05, 0) is 18.1 Å². The van der Waals surface area contributed by atoms with E-state index in [9.17, 15) is 14.4 Å². The number of aryl methyl sites for hydroxylation is 1. The lowest BCUT2D eigenvalue weighted by Gasteiger charge is -2.23. The van der Waals surface area contributed by atoms with Crippen molar-refractivity contribution in [1.82, 2.24) is 10.6 Å². The molecule has 0 saturated carbocycles. The summed E-state index contributed by atoms with van der Waals surface area (Å²) in [4.78, 5) is 33.8. The molecule has 7 heteroatoms. The zero-order chi connectivity index (χ0) is 15.2. The van der Waals surface area contributed by atoms with Crippen LogP contribution >= 0.6 is 0 Å². The minimum absolute atomic E-state index is 0.00458. The van der Waals surface area contributed by atoms with Gasteiger partial charge in [0.05, 0.1) is 6.54 Å². The summed E-state index contributed by atoms with van der Waals surface area (Å²) >= 11 is 0. The zero-order valence-electron chi connectivity index (χ0n) is 11.4. The number of carbonyl (C=O) groups excluding carboxylic acids is 2. The Kier molecular flexibility index (Phi) is 4.89. The Hall–Kier alpha value is -2.41. The van der Waals surface area contributed by atoms with Gasteiger partial charge < -0.3 is 15.7 Å². The van der Waals surface area contributed by atoms with E-state index < -0.39 is 12.0 Å². The molecular weight excluding hydrogens is 274 g/mol. The molecule has 112 valence electrons. The van der Waals surface area contributed by atoms with Crippen LogP contribution in [0.15, 0.2) is 24.3 Å². The van der Waals surface area contributed by atoms with Crippen molar-refractivity contribution in [2.75, 3.05) is 18.4 Å². The van der Waals surface area contributed by atoms with Gasteiger partial charge in [-0.2, -0.15) is 0 Å². The average molecular weight is 291 g/mol. The number of hydrogen-bond donors (Lipinski definition) is 4. The van der Waals surface area contributed by atoms with E-state index in [-0.39, 0.29) is 31.3 Å². The largest absolute Gasteiger partial charge is 0.481 e. The fourth-order valence-corrected chi connectivity index (χ4v) is 2.07. The fourth-order valence-electron chi connectivity index (χ4n) is 2.07. The number of piperazine rings is 1. The molecule has 1 unspecified atom stereocenters. The quantitative estimate of drug-likeness (QED) is 0.597. The average Bonchev–Trinajstić information content (AvgIpc) is 2.47. The molecule has 1 fully saturated rings. The number of carboxylic acid groups (broad SMARTS) is 1. The molecule has 1 aliphatic rings. The van der Waals surface area contributed by atoms with Crippen LogP contribution in [-0.2, 0) is 20.8 Å². The van der Waals surface area contributed by atoms with Crippen LogP contribution < -0.4 is 16.0 Å². The van der Waals surface area contributed by atoms with Gasteiger partial charge in [0.15, 0.2) is 0 Å². The SMILES string of the molecule is O=C(O)CCc1ccccc1NC(=O)C1CNC(=O)CN1. The molecule has 0 aliphatic carbocycles. The Balaban J connectivity index is 2.00. The second-order valence-corrected chi connectivity index (χ2v) is 4.78. The first kappa shape index (κ1) is 15.0. The van der Waals surface area contributed by atoms with Crippen LogP contribution in [-0.4, -0.2) is 42.0 Å². The van der Waals surface area contributed by atoms with Gasteiger partial charge in [0.1, 0.15) is 6.04 Å². The van der Waals surface area contributed by atoms with E-state index in [1.807, 2.05) is 0 Å². The summed E-state index contributed by atoms with van der Waals surface area (Å²) in [5, 5.41) is 17.0. The molecule has 1 aliphatic heterocycles. The predicted molar refractivity (Wildman–Crippen MR) is 75.8 cm³/mol. The molecular formula is C14H17N3O4. The van der Waals surface area contributed by atoms with E-state index in [0.29, 0.717) is 12.1 Å². The van der Waals surface area contributed by atoms with Crippen molar-refractivity contribution in [1.29, 1.82) is 0 Å². The Morgan fingerprint density at radius 3 is 2.76 bits per heavy atom. The number of para-hydroxylation sites is 1. The van der Waals surface area contributed by atoms with Gasteiger partial charge in [0.25, 0.3) is 0 Å². The third-order valence-electron chi connectivity index (χ3n) is 3.21. The lowest BCUT2D eigenvalue weighted by atomic mass is 10.1. The van der Waals surface area contributed by atoms with Crippen molar-refractivity contribution in [2.24, 2.45) is 0 Å². The Labute approximate surface area is 121 Å². The van der Waals surface area contributed by atoms with Crippen molar-refractivity contribution in [3.8, 4) is 0 Å². The second kappa shape index (κ2) is 6.85. The maximum atomic E-state index is 12.1. The first-order chi connectivity index (χ1) is 10.1. The highest BCUT2D eigenvalue weighted by Crippen LogP contribution is 2.17. The molecule has 1 heterocycles. The lowest BCUT2D eigenvalue weighted by Crippen LogP contribution is -2.56. The van der Waals surface area contributed by atoms with Gasteiger partial charge >= 0.3 is 5.97 Å². The molecule has 0 bridgehead atoms. The van der Waals surface area contributed by atoms with Crippen molar-refractivity contribution >= 4 is 23.5 Å². The molecule has 0 spiro atoms. The molecule has 1 atom stereocenters. The van der Waals surface area contributed by atoms with Gasteiger partial charge in [-0.3, -0.25) is 19.7 Å². The predicted octanol–water partition coefficient (Wildman–Crippen LogP) is -0.270. The van der Waals surface area contributed by atoms with Crippen molar-refractivity contribution in [3.05, 3.63) is 29.8 Å². The number of carbonyl (C=O) groups is 3. The molecule has 4 N–H and O–H groups in total. The number of carboxylic acids is 1. The zero-order valence-corrected chi connectivity index (χ0v) is 11.4. The normalized spacial score (nSPS) is 17.9. The minimum Gasteiger partial charge on any atom is -0.481 e. The summed E-state index contributed by atoms with van der Waals surface area (Å²) in [5.74, 6) is -1.27. The topological polar surface area (TPSA) is 108 Å². The van der Waals surface area contributed by atoms with E-state index in [1.54, 1.807) is 24.3 Å². The van der Waals surface area contributed by atoms with E-state index in [2.05, 4.69) is 16.0 Å². The molecule has 2 rings (SSSR count). The van der Waals surface area contributed by atoms with Gasteiger partial charge in [-0.25, -0.2) is 0 Å². The maximum absolute atomic E-state index is 12.1. The van der Waals surface area contributed by atoms with Crippen LogP contribution in [0.25, 0.3) is 0 Å². The summed E-state index contributed by atoms with van der Waals surface area (Å²) in [6, 6.07) is 6.60. The van der Waals surface area contributed by atoms with Crippen LogP contribution in [0.5, 0.6) is 0 Å². The number of benzene rings is 1. The number of anilines is 1. The van der Waals surface area contributed by atoms with Crippen molar-refractivity contribution in [2.45, 2.75) is 18.9 Å².